The molecule has 2 aromatic rings. The van der Waals surface area contributed by atoms with Gasteiger partial charge in [0.05, 0.1) is 6.54 Å². The van der Waals surface area contributed by atoms with Crippen LogP contribution < -0.4 is 11.1 Å². The van der Waals surface area contributed by atoms with E-state index in [1.165, 1.54) is 16.8 Å². The Labute approximate surface area is 111 Å². The lowest BCUT2D eigenvalue weighted by Gasteiger charge is -2.11. The lowest BCUT2D eigenvalue weighted by Crippen LogP contribution is -2.08. The summed E-state index contributed by atoms with van der Waals surface area (Å²) in [4.78, 5) is 9.64. The van der Waals surface area contributed by atoms with E-state index in [9.17, 15) is 0 Å². The minimum Gasteiger partial charge on any atom is -0.383 e. The zero-order valence-electron chi connectivity index (χ0n) is 10.7. The van der Waals surface area contributed by atoms with E-state index in [0.29, 0.717) is 5.82 Å². The van der Waals surface area contributed by atoms with Gasteiger partial charge in [0.2, 0.25) is 0 Å². The Balaban J connectivity index is 2.13. The fourth-order valence-corrected chi connectivity index (χ4v) is 2.84. The fourth-order valence-electron chi connectivity index (χ4n) is 1.93. The molecule has 2 heterocycles. The van der Waals surface area contributed by atoms with Crippen molar-refractivity contribution in [1.82, 2.24) is 9.97 Å². The highest BCUT2D eigenvalue weighted by molar-refractivity contribution is 7.10. The highest BCUT2D eigenvalue weighted by Gasteiger charge is 2.08. The molecule has 0 radical (unpaired) electrons. The third kappa shape index (κ3) is 2.61. The van der Waals surface area contributed by atoms with Gasteiger partial charge < -0.3 is 11.1 Å². The number of aromatic nitrogens is 2. The monoisotopic (exact) mass is 262 g/mol. The van der Waals surface area contributed by atoms with Crippen LogP contribution in [0.15, 0.2) is 17.8 Å². The van der Waals surface area contributed by atoms with E-state index in [1.54, 1.807) is 11.3 Å². The second-order valence-corrected chi connectivity index (χ2v) is 5.02. The van der Waals surface area contributed by atoms with Gasteiger partial charge in [0, 0.05) is 10.4 Å². The van der Waals surface area contributed by atoms with Crippen LogP contribution in [0.1, 0.15) is 29.9 Å². The average molecular weight is 262 g/mol. The summed E-state index contributed by atoms with van der Waals surface area (Å²) < 4.78 is 0. The van der Waals surface area contributed by atoms with E-state index in [0.717, 1.165) is 30.8 Å². The van der Waals surface area contributed by atoms with Crippen molar-refractivity contribution in [3.63, 3.8) is 0 Å². The van der Waals surface area contributed by atoms with Gasteiger partial charge in [-0.2, -0.15) is 0 Å². The maximum Gasteiger partial charge on any atom is 0.134 e. The van der Waals surface area contributed by atoms with Crippen molar-refractivity contribution in [3.8, 4) is 0 Å². The van der Waals surface area contributed by atoms with Crippen LogP contribution in [0.2, 0.25) is 0 Å². The van der Waals surface area contributed by atoms with Gasteiger partial charge in [-0.05, 0) is 29.9 Å². The summed E-state index contributed by atoms with van der Waals surface area (Å²) in [6.45, 7) is 5.03. The molecule has 2 aromatic heterocycles. The summed E-state index contributed by atoms with van der Waals surface area (Å²) in [7, 11) is 0. The highest BCUT2D eigenvalue weighted by Crippen LogP contribution is 2.21. The normalized spacial score (nSPS) is 10.6. The highest BCUT2D eigenvalue weighted by atomic mass is 32.1. The Hall–Kier alpha value is -1.62. The summed E-state index contributed by atoms with van der Waals surface area (Å²) in [6, 6.07) is 2.18. The van der Waals surface area contributed by atoms with Gasteiger partial charge in [0.15, 0.2) is 0 Å². The molecule has 0 spiro atoms. The van der Waals surface area contributed by atoms with E-state index >= 15 is 0 Å². The van der Waals surface area contributed by atoms with Crippen LogP contribution in [-0.2, 0) is 19.4 Å². The molecule has 0 aliphatic carbocycles. The predicted octanol–water partition coefficient (Wildman–Crippen LogP) is 2.86. The van der Waals surface area contributed by atoms with Crippen LogP contribution in [0.4, 0.5) is 11.6 Å². The third-order valence-corrected chi connectivity index (χ3v) is 3.93. The second kappa shape index (κ2) is 5.82. The smallest absolute Gasteiger partial charge is 0.134 e. The first-order chi connectivity index (χ1) is 8.76. The molecular formula is C13H18N4S. The van der Waals surface area contributed by atoms with E-state index in [1.807, 2.05) is 0 Å². The van der Waals surface area contributed by atoms with Gasteiger partial charge in [-0.3, -0.25) is 0 Å². The van der Waals surface area contributed by atoms with Crippen LogP contribution in [-0.4, -0.2) is 9.97 Å². The largest absolute Gasteiger partial charge is 0.383 e. The van der Waals surface area contributed by atoms with Gasteiger partial charge >= 0.3 is 0 Å². The summed E-state index contributed by atoms with van der Waals surface area (Å²) in [5.74, 6) is 1.41. The van der Waals surface area contributed by atoms with Crippen molar-refractivity contribution in [3.05, 3.63) is 33.8 Å². The molecule has 0 unspecified atom stereocenters. The molecule has 0 atom stereocenters. The van der Waals surface area contributed by atoms with Crippen molar-refractivity contribution in [2.24, 2.45) is 0 Å². The Morgan fingerprint density at radius 1 is 1.28 bits per heavy atom. The molecule has 18 heavy (non-hydrogen) atoms. The second-order valence-electron chi connectivity index (χ2n) is 4.02. The number of anilines is 2. The quantitative estimate of drug-likeness (QED) is 0.869. The van der Waals surface area contributed by atoms with E-state index in [-0.39, 0.29) is 0 Å². The maximum absolute atomic E-state index is 5.85. The number of nitrogens with one attached hydrogen (secondary N) is 1. The SMILES string of the molecule is CCc1ccsc1CNc1ncnc(N)c1CC. The number of thiophene rings is 1. The van der Waals surface area contributed by atoms with Crippen LogP contribution in [0, 0.1) is 0 Å². The third-order valence-electron chi connectivity index (χ3n) is 2.97. The minimum atomic E-state index is 0.567. The summed E-state index contributed by atoms with van der Waals surface area (Å²) in [5.41, 5.74) is 8.24. The molecule has 96 valence electrons. The lowest BCUT2D eigenvalue weighted by molar-refractivity contribution is 1.01. The number of hydrogen-bond acceptors (Lipinski definition) is 5. The molecular weight excluding hydrogens is 244 g/mol. The van der Waals surface area contributed by atoms with Crippen LogP contribution in [0.5, 0.6) is 0 Å². The molecule has 5 heteroatoms. The summed E-state index contributed by atoms with van der Waals surface area (Å²) >= 11 is 1.77. The van der Waals surface area contributed by atoms with Gasteiger partial charge in [0.25, 0.3) is 0 Å². The number of nitrogens with zero attached hydrogens (tertiary/aromatic N) is 2. The molecule has 0 saturated heterocycles. The molecule has 2 rings (SSSR count). The molecule has 0 bridgehead atoms. The summed E-state index contributed by atoms with van der Waals surface area (Å²) in [5, 5.41) is 5.49. The Morgan fingerprint density at radius 3 is 2.83 bits per heavy atom. The standard InChI is InChI=1S/C13H18N4S/c1-3-9-5-6-18-11(9)7-15-13-10(4-2)12(14)16-8-17-13/h5-6,8H,3-4,7H2,1-2H3,(H3,14,15,16,17). The van der Waals surface area contributed by atoms with Gasteiger partial charge in [-0.15, -0.1) is 11.3 Å². The molecule has 4 nitrogen and oxygen atoms in total. The van der Waals surface area contributed by atoms with Crippen LogP contribution in [0.25, 0.3) is 0 Å². The molecule has 0 amide bonds. The first-order valence-electron chi connectivity index (χ1n) is 6.14. The van der Waals surface area contributed by atoms with E-state index in [2.05, 4.69) is 40.6 Å². The maximum atomic E-state index is 5.85. The number of aryl methyl sites for hydroxylation is 1. The molecule has 0 aliphatic heterocycles. The zero-order chi connectivity index (χ0) is 13.0. The number of nitrogens with two attached hydrogens (primary N) is 1. The van der Waals surface area contributed by atoms with E-state index < -0.39 is 0 Å². The lowest BCUT2D eigenvalue weighted by atomic mass is 10.2. The van der Waals surface area contributed by atoms with Gasteiger partial charge in [0.1, 0.15) is 18.0 Å². The topological polar surface area (TPSA) is 63.8 Å². The number of hydrogen-bond donors (Lipinski definition) is 2. The summed E-state index contributed by atoms with van der Waals surface area (Å²) in [6.07, 6.45) is 3.40. The number of nitrogen functional groups attached to an aromatic ring is 1. The Morgan fingerprint density at radius 2 is 2.11 bits per heavy atom. The van der Waals surface area contributed by atoms with Gasteiger partial charge in [-0.25, -0.2) is 9.97 Å². The van der Waals surface area contributed by atoms with Crippen molar-refractivity contribution < 1.29 is 0 Å². The Kier molecular flexibility index (Phi) is 4.15. The molecule has 3 N–H and O–H groups in total. The first kappa shape index (κ1) is 12.8. The number of rotatable bonds is 5. The average Bonchev–Trinajstić information content (AvgIpc) is 2.83. The zero-order valence-corrected chi connectivity index (χ0v) is 11.5. The molecule has 0 saturated carbocycles. The molecule has 0 aliphatic rings. The van der Waals surface area contributed by atoms with Crippen LogP contribution >= 0.6 is 11.3 Å². The van der Waals surface area contributed by atoms with Crippen molar-refractivity contribution in [2.45, 2.75) is 33.2 Å². The van der Waals surface area contributed by atoms with Crippen molar-refractivity contribution in [1.29, 1.82) is 0 Å². The molecule has 0 fully saturated rings. The Bertz CT molecular complexity index is 521. The van der Waals surface area contributed by atoms with Crippen LogP contribution in [0.3, 0.4) is 0 Å². The fraction of sp³-hybridized carbons (Fsp3) is 0.385. The molecule has 0 aromatic carbocycles. The van der Waals surface area contributed by atoms with Gasteiger partial charge in [-0.1, -0.05) is 13.8 Å². The van der Waals surface area contributed by atoms with Crippen molar-refractivity contribution >= 4 is 23.0 Å². The first-order valence-corrected chi connectivity index (χ1v) is 7.02. The van der Waals surface area contributed by atoms with E-state index in [4.69, 9.17) is 5.73 Å². The predicted molar refractivity (Wildman–Crippen MR) is 76.8 cm³/mol. The van der Waals surface area contributed by atoms with Crippen molar-refractivity contribution in [2.75, 3.05) is 11.1 Å². The minimum absolute atomic E-state index is 0.567.